The average Bonchev–Trinajstić information content (AvgIpc) is 3.63. The van der Waals surface area contributed by atoms with E-state index in [1.54, 1.807) is 37.3 Å². The van der Waals surface area contributed by atoms with Crippen molar-refractivity contribution in [3.63, 3.8) is 0 Å². The van der Waals surface area contributed by atoms with Gasteiger partial charge in [-0.25, -0.2) is 4.68 Å². The molecule has 3 heterocycles. The molecule has 6 nitrogen and oxygen atoms in total. The molecule has 0 aliphatic carbocycles. The zero-order valence-corrected chi connectivity index (χ0v) is 20.6. The van der Waals surface area contributed by atoms with Crippen LogP contribution in [0.4, 0.5) is 0 Å². The van der Waals surface area contributed by atoms with E-state index in [0.717, 1.165) is 33.8 Å². The summed E-state index contributed by atoms with van der Waals surface area (Å²) in [7, 11) is 3.26. The van der Waals surface area contributed by atoms with E-state index in [0.29, 0.717) is 23.8 Å². The molecule has 5 rings (SSSR count). The molecule has 1 aliphatic rings. The Bertz CT molecular complexity index is 1270. The first-order chi connectivity index (χ1) is 16.7. The van der Waals surface area contributed by atoms with Crippen molar-refractivity contribution in [2.24, 2.45) is 0 Å². The van der Waals surface area contributed by atoms with Crippen molar-refractivity contribution in [1.82, 2.24) is 14.7 Å². The third-order valence-corrected chi connectivity index (χ3v) is 7.96. The summed E-state index contributed by atoms with van der Waals surface area (Å²) in [5, 5.41) is 6.91. The van der Waals surface area contributed by atoms with Gasteiger partial charge in [-0.15, -0.1) is 23.1 Å². The predicted molar refractivity (Wildman–Crippen MR) is 137 cm³/mol. The van der Waals surface area contributed by atoms with E-state index in [9.17, 15) is 4.79 Å². The maximum absolute atomic E-state index is 12.9. The van der Waals surface area contributed by atoms with Crippen LogP contribution in [-0.4, -0.2) is 47.1 Å². The van der Waals surface area contributed by atoms with Crippen molar-refractivity contribution >= 4 is 29.0 Å². The van der Waals surface area contributed by atoms with Crippen LogP contribution in [0.1, 0.15) is 16.5 Å². The van der Waals surface area contributed by atoms with Gasteiger partial charge in [-0.05, 0) is 47.7 Å². The van der Waals surface area contributed by atoms with Gasteiger partial charge >= 0.3 is 0 Å². The molecular formula is C26H25N3O3S2. The molecule has 1 amide bonds. The molecule has 2 aromatic heterocycles. The summed E-state index contributed by atoms with van der Waals surface area (Å²) in [5.74, 6) is 2.02. The molecule has 1 saturated heterocycles. The fourth-order valence-electron chi connectivity index (χ4n) is 4.12. The fraction of sp³-hybridized carbons (Fsp3) is 0.231. The van der Waals surface area contributed by atoms with Crippen LogP contribution in [0, 0.1) is 0 Å². The van der Waals surface area contributed by atoms with Gasteiger partial charge in [0.15, 0.2) is 11.5 Å². The van der Waals surface area contributed by atoms with E-state index in [1.807, 2.05) is 64.2 Å². The first-order valence-electron chi connectivity index (χ1n) is 11.0. The lowest BCUT2D eigenvalue weighted by Crippen LogP contribution is -2.30. The lowest BCUT2D eigenvalue weighted by atomic mass is 10.1. The van der Waals surface area contributed by atoms with Crippen LogP contribution in [0.25, 0.3) is 16.3 Å². The second kappa shape index (κ2) is 9.95. The van der Waals surface area contributed by atoms with Gasteiger partial charge in [-0.1, -0.05) is 30.3 Å². The molecule has 1 fully saturated rings. The molecule has 1 atom stereocenters. The van der Waals surface area contributed by atoms with Gasteiger partial charge < -0.3 is 14.4 Å². The Morgan fingerprint density at radius 3 is 2.59 bits per heavy atom. The highest BCUT2D eigenvalue weighted by Gasteiger charge is 2.35. The highest BCUT2D eigenvalue weighted by atomic mass is 32.2. The monoisotopic (exact) mass is 491 g/mol. The quantitative estimate of drug-likeness (QED) is 0.329. The van der Waals surface area contributed by atoms with Crippen molar-refractivity contribution in [3.8, 4) is 27.8 Å². The number of carbonyl (C=O) groups is 1. The van der Waals surface area contributed by atoms with E-state index >= 15 is 0 Å². The Labute approximate surface area is 207 Å². The Morgan fingerprint density at radius 1 is 1.03 bits per heavy atom. The normalized spacial score (nSPS) is 15.6. The van der Waals surface area contributed by atoms with Crippen LogP contribution in [0.2, 0.25) is 0 Å². The number of rotatable bonds is 8. The minimum atomic E-state index is -0.0813. The van der Waals surface area contributed by atoms with Crippen LogP contribution < -0.4 is 9.47 Å². The van der Waals surface area contributed by atoms with Crippen molar-refractivity contribution in [2.75, 3.05) is 26.5 Å². The molecule has 0 N–H and O–H groups in total. The number of thioether (sulfide) groups is 1. The maximum atomic E-state index is 12.9. The number of aromatic nitrogens is 2. The van der Waals surface area contributed by atoms with Gasteiger partial charge in [0.2, 0.25) is 5.91 Å². The lowest BCUT2D eigenvalue weighted by Gasteiger charge is -2.24. The van der Waals surface area contributed by atoms with E-state index in [1.165, 1.54) is 0 Å². The van der Waals surface area contributed by atoms with Crippen molar-refractivity contribution < 1.29 is 14.3 Å². The molecule has 8 heteroatoms. The van der Waals surface area contributed by atoms with Gasteiger partial charge in [0, 0.05) is 18.3 Å². The summed E-state index contributed by atoms with van der Waals surface area (Å²) in [6.07, 6.45) is 2.80. The zero-order valence-electron chi connectivity index (χ0n) is 19.0. The van der Waals surface area contributed by atoms with Crippen LogP contribution >= 0.6 is 23.1 Å². The number of carbonyl (C=O) groups excluding carboxylic acids is 1. The van der Waals surface area contributed by atoms with Crippen molar-refractivity contribution in [1.29, 1.82) is 0 Å². The van der Waals surface area contributed by atoms with E-state index in [4.69, 9.17) is 14.6 Å². The third kappa shape index (κ3) is 4.43. The second-order valence-electron chi connectivity index (χ2n) is 7.88. The fourth-order valence-corrected chi connectivity index (χ4v) is 6.08. The summed E-state index contributed by atoms with van der Waals surface area (Å²) in [4.78, 5) is 16.0. The zero-order chi connectivity index (χ0) is 23.5. The highest BCUT2D eigenvalue weighted by Crippen LogP contribution is 2.43. The van der Waals surface area contributed by atoms with Gasteiger partial charge in [0.05, 0.1) is 30.5 Å². The number of hydrogen-bond acceptors (Lipinski definition) is 6. The van der Waals surface area contributed by atoms with Gasteiger partial charge in [-0.2, -0.15) is 5.10 Å². The smallest absolute Gasteiger partial charge is 0.233 e. The molecule has 4 aromatic rings. The average molecular weight is 492 g/mol. The Kier molecular flexibility index (Phi) is 6.60. The van der Waals surface area contributed by atoms with Gasteiger partial charge in [0.25, 0.3) is 0 Å². The molecule has 0 spiro atoms. The van der Waals surface area contributed by atoms with E-state index in [2.05, 4.69) is 17.6 Å². The van der Waals surface area contributed by atoms with Crippen LogP contribution in [0.15, 0.2) is 72.2 Å². The number of ether oxygens (including phenoxy) is 2. The van der Waals surface area contributed by atoms with Gasteiger partial charge in [0.1, 0.15) is 11.1 Å². The minimum Gasteiger partial charge on any atom is -0.493 e. The highest BCUT2D eigenvalue weighted by molar-refractivity contribution is 8.00. The Balaban J connectivity index is 1.44. The van der Waals surface area contributed by atoms with Crippen molar-refractivity contribution in [2.45, 2.75) is 11.8 Å². The molecule has 1 aliphatic heterocycles. The number of amides is 1. The number of nitrogens with zero attached hydrogens (tertiary/aromatic N) is 3. The summed E-state index contributed by atoms with van der Waals surface area (Å²) in [6, 6.07) is 20.1. The maximum Gasteiger partial charge on any atom is 0.233 e. The van der Waals surface area contributed by atoms with E-state index < -0.39 is 0 Å². The standard InChI is InChI=1S/C26H25N3O3S2/c1-31-21-11-10-18(15-22(21)32-2)12-13-28-24(30)17-34-26(28)20-16-29(19-7-4-3-5-8-19)27-25(20)23-9-6-14-33-23/h3-11,14-16,26H,12-13,17H2,1-2H3/t26-/m1/s1. The summed E-state index contributed by atoms with van der Waals surface area (Å²) in [6.45, 7) is 0.617. The molecular weight excluding hydrogens is 466 g/mol. The Hall–Kier alpha value is -3.23. The molecule has 0 unspecified atom stereocenters. The first-order valence-corrected chi connectivity index (χ1v) is 12.9. The molecule has 174 valence electrons. The second-order valence-corrected chi connectivity index (χ2v) is 9.90. The summed E-state index contributed by atoms with van der Waals surface area (Å²) >= 11 is 3.33. The molecule has 0 saturated carbocycles. The van der Waals surface area contributed by atoms with Crippen molar-refractivity contribution in [3.05, 3.63) is 83.4 Å². The minimum absolute atomic E-state index is 0.0813. The van der Waals surface area contributed by atoms with Crippen LogP contribution in [-0.2, 0) is 11.2 Å². The molecule has 34 heavy (non-hydrogen) atoms. The first kappa shape index (κ1) is 22.6. The molecule has 0 bridgehead atoms. The lowest BCUT2D eigenvalue weighted by molar-refractivity contribution is -0.128. The predicted octanol–water partition coefficient (Wildman–Crippen LogP) is 5.43. The number of hydrogen-bond donors (Lipinski definition) is 0. The summed E-state index contributed by atoms with van der Waals surface area (Å²) < 4.78 is 12.7. The molecule has 2 aromatic carbocycles. The number of thiophene rings is 1. The SMILES string of the molecule is COc1ccc(CCN2C(=O)CS[C@@H]2c2cn(-c3ccccc3)nc2-c2cccs2)cc1OC. The third-order valence-electron chi connectivity index (χ3n) is 5.84. The van der Waals surface area contributed by atoms with Gasteiger partial charge in [-0.3, -0.25) is 4.79 Å². The number of methoxy groups -OCH3 is 2. The van der Waals surface area contributed by atoms with Crippen LogP contribution in [0.3, 0.4) is 0 Å². The van der Waals surface area contributed by atoms with Crippen LogP contribution in [0.5, 0.6) is 11.5 Å². The Morgan fingerprint density at radius 2 is 1.85 bits per heavy atom. The largest absolute Gasteiger partial charge is 0.493 e. The topological polar surface area (TPSA) is 56.6 Å². The summed E-state index contributed by atoms with van der Waals surface area (Å²) in [5.41, 5.74) is 4.09. The van der Waals surface area contributed by atoms with E-state index in [-0.39, 0.29) is 11.3 Å². The number of benzene rings is 2. The molecule has 0 radical (unpaired) electrons. The number of para-hydroxylation sites is 1.